The first-order chi connectivity index (χ1) is 10.7. The molecule has 4 heteroatoms. The van der Waals surface area contributed by atoms with E-state index in [9.17, 15) is 0 Å². The van der Waals surface area contributed by atoms with Crippen LogP contribution in [0.15, 0.2) is 48.7 Å². The Morgan fingerprint density at radius 1 is 1.05 bits per heavy atom. The molecule has 0 saturated heterocycles. The highest BCUT2D eigenvalue weighted by molar-refractivity contribution is 5.57. The molecule has 0 unspecified atom stereocenters. The third kappa shape index (κ3) is 2.72. The molecule has 22 heavy (non-hydrogen) atoms. The molecule has 4 nitrogen and oxygen atoms in total. The fourth-order valence-corrected chi connectivity index (χ4v) is 2.57. The molecule has 2 heterocycles. The summed E-state index contributed by atoms with van der Waals surface area (Å²) in [6.45, 7) is 4.91. The molecule has 0 aliphatic heterocycles. The molecular formula is C18H19N3O. The van der Waals surface area contributed by atoms with E-state index in [-0.39, 0.29) is 0 Å². The van der Waals surface area contributed by atoms with Gasteiger partial charge in [-0.25, -0.2) is 4.98 Å². The monoisotopic (exact) mass is 293 g/mol. The number of benzene rings is 1. The molecule has 112 valence electrons. The van der Waals surface area contributed by atoms with Crippen LogP contribution in [0.2, 0.25) is 0 Å². The number of hydrogen-bond donors (Lipinski definition) is 0. The number of pyridine rings is 1. The second-order valence-electron chi connectivity index (χ2n) is 5.24. The first-order valence-electron chi connectivity index (χ1n) is 7.27. The van der Waals surface area contributed by atoms with Crippen molar-refractivity contribution in [3.05, 3.63) is 65.7 Å². The van der Waals surface area contributed by atoms with Gasteiger partial charge in [0.25, 0.3) is 0 Å². The number of aromatic nitrogens is 3. The predicted octanol–water partition coefficient (Wildman–Crippen LogP) is 3.62. The van der Waals surface area contributed by atoms with Gasteiger partial charge < -0.3 is 9.30 Å². The van der Waals surface area contributed by atoms with Crippen molar-refractivity contribution in [3.8, 4) is 17.1 Å². The molecule has 0 aliphatic rings. The van der Waals surface area contributed by atoms with Crippen LogP contribution in [0.1, 0.15) is 17.1 Å². The second-order valence-corrected chi connectivity index (χ2v) is 5.24. The van der Waals surface area contributed by atoms with Gasteiger partial charge in [-0.2, -0.15) is 0 Å². The van der Waals surface area contributed by atoms with E-state index < -0.39 is 0 Å². The van der Waals surface area contributed by atoms with E-state index in [2.05, 4.69) is 33.6 Å². The van der Waals surface area contributed by atoms with Crippen molar-refractivity contribution in [2.24, 2.45) is 0 Å². The van der Waals surface area contributed by atoms with Crippen LogP contribution >= 0.6 is 0 Å². The summed E-state index contributed by atoms with van der Waals surface area (Å²) in [5.41, 5.74) is 4.21. The Morgan fingerprint density at radius 3 is 2.45 bits per heavy atom. The first kappa shape index (κ1) is 14.3. The lowest BCUT2D eigenvalue weighted by molar-refractivity contribution is 0.414. The maximum absolute atomic E-state index is 5.20. The second kappa shape index (κ2) is 6.02. The lowest BCUT2D eigenvalue weighted by atomic mass is 10.2. The summed E-state index contributed by atoms with van der Waals surface area (Å²) in [4.78, 5) is 9.09. The minimum Gasteiger partial charge on any atom is -0.497 e. The number of imidazole rings is 1. The van der Waals surface area contributed by atoms with Gasteiger partial charge >= 0.3 is 0 Å². The fourth-order valence-electron chi connectivity index (χ4n) is 2.57. The number of nitrogens with zero attached hydrogens (tertiary/aromatic N) is 3. The fraction of sp³-hybridized carbons (Fsp3) is 0.222. The van der Waals surface area contributed by atoms with Crippen molar-refractivity contribution in [2.75, 3.05) is 7.11 Å². The molecule has 0 N–H and O–H groups in total. The van der Waals surface area contributed by atoms with E-state index >= 15 is 0 Å². The zero-order chi connectivity index (χ0) is 15.5. The van der Waals surface area contributed by atoms with Crippen molar-refractivity contribution in [1.82, 2.24) is 14.5 Å². The largest absolute Gasteiger partial charge is 0.497 e. The van der Waals surface area contributed by atoms with Gasteiger partial charge in [-0.05, 0) is 43.7 Å². The summed E-state index contributed by atoms with van der Waals surface area (Å²) in [6.07, 6.45) is 1.80. The first-order valence-corrected chi connectivity index (χ1v) is 7.27. The van der Waals surface area contributed by atoms with Crippen LogP contribution < -0.4 is 4.74 Å². The lowest BCUT2D eigenvalue weighted by Crippen LogP contribution is -2.04. The third-order valence-electron chi connectivity index (χ3n) is 3.82. The van der Waals surface area contributed by atoms with Crippen molar-refractivity contribution in [3.63, 3.8) is 0 Å². The van der Waals surface area contributed by atoms with E-state index in [4.69, 9.17) is 4.74 Å². The van der Waals surface area contributed by atoms with Gasteiger partial charge in [-0.15, -0.1) is 0 Å². The topological polar surface area (TPSA) is 39.9 Å². The van der Waals surface area contributed by atoms with Gasteiger partial charge in [0.05, 0.1) is 12.8 Å². The molecule has 0 spiro atoms. The molecule has 0 fully saturated rings. The lowest BCUT2D eigenvalue weighted by Gasteiger charge is -2.09. The average Bonchev–Trinajstić information content (AvgIpc) is 2.84. The molecule has 0 bridgehead atoms. The standard InChI is InChI=1S/C18H19N3O/c1-13-18(17-6-4-5-11-19-17)20-14(2)21(13)12-15-7-9-16(22-3)10-8-15/h4-11H,12H2,1-3H3. The van der Waals surface area contributed by atoms with Crippen molar-refractivity contribution >= 4 is 0 Å². The Balaban J connectivity index is 1.92. The number of rotatable bonds is 4. The number of ether oxygens (including phenoxy) is 1. The summed E-state index contributed by atoms with van der Waals surface area (Å²) in [5, 5.41) is 0. The minimum absolute atomic E-state index is 0.793. The quantitative estimate of drug-likeness (QED) is 0.737. The summed E-state index contributed by atoms with van der Waals surface area (Å²) in [5.74, 6) is 1.87. The molecule has 2 aromatic heterocycles. The van der Waals surface area contributed by atoms with E-state index in [0.717, 1.165) is 35.2 Å². The highest BCUT2D eigenvalue weighted by Gasteiger charge is 2.13. The number of methoxy groups -OCH3 is 1. The Labute approximate surface area is 130 Å². The van der Waals surface area contributed by atoms with Gasteiger partial charge in [0, 0.05) is 18.4 Å². The zero-order valence-electron chi connectivity index (χ0n) is 13.1. The minimum atomic E-state index is 0.793. The van der Waals surface area contributed by atoms with E-state index in [1.54, 1.807) is 13.3 Å². The number of hydrogen-bond acceptors (Lipinski definition) is 3. The van der Waals surface area contributed by atoms with Crippen molar-refractivity contribution < 1.29 is 4.74 Å². The molecule has 0 atom stereocenters. The van der Waals surface area contributed by atoms with Gasteiger partial charge in [-0.1, -0.05) is 18.2 Å². The smallest absolute Gasteiger partial charge is 0.118 e. The van der Waals surface area contributed by atoms with E-state index in [1.165, 1.54) is 5.56 Å². The zero-order valence-corrected chi connectivity index (χ0v) is 13.1. The van der Waals surface area contributed by atoms with Crippen molar-refractivity contribution in [2.45, 2.75) is 20.4 Å². The molecule has 0 aliphatic carbocycles. The molecule has 0 saturated carbocycles. The summed E-state index contributed by atoms with van der Waals surface area (Å²) >= 11 is 0. The maximum Gasteiger partial charge on any atom is 0.118 e. The highest BCUT2D eigenvalue weighted by atomic mass is 16.5. The van der Waals surface area contributed by atoms with Crippen LogP contribution in [0.5, 0.6) is 5.75 Å². The van der Waals surface area contributed by atoms with Gasteiger partial charge in [0.15, 0.2) is 0 Å². The summed E-state index contributed by atoms with van der Waals surface area (Å²) in [7, 11) is 1.68. The van der Waals surface area contributed by atoms with Crippen LogP contribution in [0.4, 0.5) is 0 Å². The van der Waals surface area contributed by atoms with Gasteiger partial charge in [-0.3, -0.25) is 4.98 Å². The maximum atomic E-state index is 5.20. The predicted molar refractivity (Wildman–Crippen MR) is 87.0 cm³/mol. The molecular weight excluding hydrogens is 274 g/mol. The Hall–Kier alpha value is -2.62. The third-order valence-corrected chi connectivity index (χ3v) is 3.82. The van der Waals surface area contributed by atoms with E-state index in [0.29, 0.717) is 0 Å². The Morgan fingerprint density at radius 2 is 1.82 bits per heavy atom. The normalized spacial score (nSPS) is 10.7. The van der Waals surface area contributed by atoms with Crippen LogP contribution in [0.25, 0.3) is 11.4 Å². The van der Waals surface area contributed by atoms with Crippen molar-refractivity contribution in [1.29, 1.82) is 0 Å². The van der Waals surface area contributed by atoms with Crippen LogP contribution in [-0.4, -0.2) is 21.6 Å². The highest BCUT2D eigenvalue weighted by Crippen LogP contribution is 2.22. The SMILES string of the molecule is COc1ccc(Cn2c(C)nc(-c3ccccn3)c2C)cc1. The molecule has 0 radical (unpaired) electrons. The van der Waals surface area contributed by atoms with Crippen LogP contribution in [0.3, 0.4) is 0 Å². The van der Waals surface area contributed by atoms with Gasteiger partial charge in [0.2, 0.25) is 0 Å². The molecule has 3 aromatic rings. The Bertz CT molecular complexity index is 761. The van der Waals surface area contributed by atoms with Gasteiger partial charge in [0.1, 0.15) is 17.3 Å². The number of aryl methyl sites for hydroxylation is 1. The van der Waals surface area contributed by atoms with E-state index in [1.807, 2.05) is 37.3 Å². The van der Waals surface area contributed by atoms with Crippen LogP contribution in [-0.2, 0) is 6.54 Å². The van der Waals surface area contributed by atoms with Crippen LogP contribution in [0, 0.1) is 13.8 Å². The summed E-state index contributed by atoms with van der Waals surface area (Å²) in [6, 6.07) is 14.0. The summed E-state index contributed by atoms with van der Waals surface area (Å²) < 4.78 is 7.42. The molecule has 3 rings (SSSR count). The molecule has 1 aromatic carbocycles. The average molecular weight is 293 g/mol. The molecule has 0 amide bonds. The Kier molecular flexibility index (Phi) is 3.92.